The maximum atomic E-state index is 6.17. The number of halogens is 1. The van der Waals surface area contributed by atoms with Gasteiger partial charge in [0.15, 0.2) is 0 Å². The number of aryl methyl sites for hydroxylation is 1. The molecule has 0 amide bonds. The molecule has 0 unspecified atom stereocenters. The summed E-state index contributed by atoms with van der Waals surface area (Å²) < 4.78 is 5.52. The van der Waals surface area contributed by atoms with Crippen molar-refractivity contribution in [3.8, 4) is 0 Å². The SMILES string of the molecule is Cc1ccc(Cl)c(NCc2coc3ccccc23)c1. The average Bonchev–Trinajstić information content (AvgIpc) is 2.83. The summed E-state index contributed by atoms with van der Waals surface area (Å²) in [6.45, 7) is 2.74. The van der Waals surface area contributed by atoms with Crippen LogP contribution in [-0.2, 0) is 6.54 Å². The molecule has 0 fully saturated rings. The van der Waals surface area contributed by atoms with Crippen molar-refractivity contribution in [2.45, 2.75) is 13.5 Å². The average molecular weight is 272 g/mol. The summed E-state index contributed by atoms with van der Waals surface area (Å²) in [5.74, 6) is 0. The fraction of sp³-hybridized carbons (Fsp3) is 0.125. The highest BCUT2D eigenvalue weighted by Gasteiger charge is 2.06. The summed E-state index contributed by atoms with van der Waals surface area (Å²) in [6, 6.07) is 14.0. The van der Waals surface area contributed by atoms with Crippen LogP contribution in [0.25, 0.3) is 11.0 Å². The minimum absolute atomic E-state index is 0.695. The number of anilines is 1. The smallest absolute Gasteiger partial charge is 0.134 e. The Morgan fingerprint density at radius 3 is 2.89 bits per heavy atom. The van der Waals surface area contributed by atoms with Crippen LogP contribution in [0.5, 0.6) is 0 Å². The summed E-state index contributed by atoms with van der Waals surface area (Å²) in [4.78, 5) is 0. The monoisotopic (exact) mass is 271 g/mol. The predicted molar refractivity (Wildman–Crippen MR) is 79.7 cm³/mol. The number of nitrogens with one attached hydrogen (secondary N) is 1. The maximum absolute atomic E-state index is 6.17. The van der Waals surface area contributed by atoms with Crippen LogP contribution < -0.4 is 5.32 Å². The number of hydrogen-bond donors (Lipinski definition) is 1. The van der Waals surface area contributed by atoms with E-state index in [1.165, 1.54) is 5.56 Å². The van der Waals surface area contributed by atoms with E-state index in [0.29, 0.717) is 6.54 Å². The highest BCUT2D eigenvalue weighted by atomic mass is 35.5. The zero-order valence-electron chi connectivity index (χ0n) is 10.6. The van der Waals surface area contributed by atoms with Crippen LogP contribution >= 0.6 is 11.6 Å². The van der Waals surface area contributed by atoms with Crippen LogP contribution in [0.4, 0.5) is 5.69 Å². The molecule has 0 bridgehead atoms. The number of rotatable bonds is 3. The molecule has 19 heavy (non-hydrogen) atoms. The number of furan rings is 1. The van der Waals surface area contributed by atoms with Gasteiger partial charge in [-0.2, -0.15) is 0 Å². The topological polar surface area (TPSA) is 25.2 Å². The van der Waals surface area contributed by atoms with Gasteiger partial charge < -0.3 is 9.73 Å². The molecule has 1 aromatic heterocycles. The largest absolute Gasteiger partial charge is 0.464 e. The normalized spacial score (nSPS) is 10.8. The van der Waals surface area contributed by atoms with Crippen molar-refractivity contribution >= 4 is 28.3 Å². The van der Waals surface area contributed by atoms with Crippen LogP contribution in [-0.4, -0.2) is 0 Å². The Hall–Kier alpha value is -1.93. The first-order chi connectivity index (χ1) is 9.24. The zero-order valence-corrected chi connectivity index (χ0v) is 11.4. The summed E-state index contributed by atoms with van der Waals surface area (Å²) in [5, 5.41) is 5.23. The fourth-order valence-corrected chi connectivity index (χ4v) is 2.32. The molecule has 96 valence electrons. The van der Waals surface area contributed by atoms with Crippen molar-refractivity contribution in [3.05, 3.63) is 64.9 Å². The van der Waals surface area contributed by atoms with Gasteiger partial charge in [0.2, 0.25) is 0 Å². The standard InChI is InChI=1S/C16H14ClNO/c1-11-6-7-14(17)15(8-11)18-9-12-10-19-16-5-3-2-4-13(12)16/h2-8,10,18H,9H2,1H3. The highest BCUT2D eigenvalue weighted by molar-refractivity contribution is 6.33. The van der Waals surface area contributed by atoms with Crippen molar-refractivity contribution in [2.75, 3.05) is 5.32 Å². The third-order valence-electron chi connectivity index (χ3n) is 3.15. The Kier molecular flexibility index (Phi) is 3.18. The molecular weight excluding hydrogens is 258 g/mol. The van der Waals surface area contributed by atoms with E-state index < -0.39 is 0 Å². The molecule has 0 aliphatic rings. The van der Waals surface area contributed by atoms with Crippen molar-refractivity contribution in [1.82, 2.24) is 0 Å². The Bertz CT molecular complexity index is 718. The number of benzene rings is 2. The van der Waals surface area contributed by atoms with Crippen molar-refractivity contribution in [1.29, 1.82) is 0 Å². The first-order valence-electron chi connectivity index (χ1n) is 6.19. The van der Waals surface area contributed by atoms with E-state index in [-0.39, 0.29) is 0 Å². The third kappa shape index (κ3) is 2.45. The molecule has 3 heteroatoms. The van der Waals surface area contributed by atoms with Gasteiger partial charge in [0.25, 0.3) is 0 Å². The molecule has 1 N–H and O–H groups in total. The van der Waals surface area contributed by atoms with E-state index in [2.05, 4.69) is 18.3 Å². The Labute approximate surface area is 117 Å². The van der Waals surface area contributed by atoms with Crippen molar-refractivity contribution in [2.24, 2.45) is 0 Å². The summed E-state index contributed by atoms with van der Waals surface area (Å²) in [6.07, 6.45) is 1.79. The van der Waals surface area contributed by atoms with Gasteiger partial charge in [-0.15, -0.1) is 0 Å². The maximum Gasteiger partial charge on any atom is 0.134 e. The van der Waals surface area contributed by atoms with Crippen LogP contribution in [0.15, 0.2) is 53.1 Å². The van der Waals surface area contributed by atoms with E-state index >= 15 is 0 Å². The lowest BCUT2D eigenvalue weighted by atomic mass is 10.1. The molecule has 0 spiro atoms. The molecule has 0 aliphatic heterocycles. The second-order valence-electron chi connectivity index (χ2n) is 4.59. The summed E-state index contributed by atoms with van der Waals surface area (Å²) in [5.41, 5.74) is 4.18. The molecule has 0 radical (unpaired) electrons. The van der Waals surface area contributed by atoms with E-state index in [1.54, 1.807) is 6.26 Å². The van der Waals surface area contributed by atoms with Crippen molar-refractivity contribution < 1.29 is 4.42 Å². The molecule has 3 rings (SSSR count). The summed E-state index contributed by atoms with van der Waals surface area (Å²) in [7, 11) is 0. The van der Waals surface area contributed by atoms with Crippen LogP contribution in [0.3, 0.4) is 0 Å². The highest BCUT2D eigenvalue weighted by Crippen LogP contribution is 2.25. The van der Waals surface area contributed by atoms with Gasteiger partial charge >= 0.3 is 0 Å². The molecular formula is C16H14ClNO. The summed E-state index contributed by atoms with van der Waals surface area (Å²) >= 11 is 6.17. The molecule has 0 saturated carbocycles. The van der Waals surface area contributed by atoms with Crippen LogP contribution in [0.1, 0.15) is 11.1 Å². The minimum Gasteiger partial charge on any atom is -0.464 e. The molecule has 0 aliphatic carbocycles. The quantitative estimate of drug-likeness (QED) is 0.725. The van der Waals surface area contributed by atoms with Gasteiger partial charge in [-0.1, -0.05) is 35.9 Å². The minimum atomic E-state index is 0.695. The van der Waals surface area contributed by atoms with Crippen LogP contribution in [0, 0.1) is 6.92 Å². The third-order valence-corrected chi connectivity index (χ3v) is 3.48. The predicted octanol–water partition coefficient (Wildman–Crippen LogP) is 5.01. The molecule has 1 heterocycles. The molecule has 0 atom stereocenters. The van der Waals surface area contributed by atoms with Gasteiger partial charge in [0, 0.05) is 17.5 Å². The first kappa shape index (κ1) is 12.1. The zero-order chi connectivity index (χ0) is 13.2. The number of para-hydroxylation sites is 1. The lowest BCUT2D eigenvalue weighted by Crippen LogP contribution is -1.99. The van der Waals surface area contributed by atoms with Gasteiger partial charge in [-0.05, 0) is 30.7 Å². The first-order valence-corrected chi connectivity index (χ1v) is 6.57. The van der Waals surface area contributed by atoms with Gasteiger partial charge in [0.1, 0.15) is 5.58 Å². The Balaban J connectivity index is 1.84. The Morgan fingerprint density at radius 1 is 1.16 bits per heavy atom. The van der Waals surface area contributed by atoms with E-state index in [0.717, 1.165) is 27.2 Å². The Morgan fingerprint density at radius 2 is 2.00 bits per heavy atom. The van der Waals surface area contributed by atoms with Gasteiger partial charge in [-0.3, -0.25) is 0 Å². The number of hydrogen-bond acceptors (Lipinski definition) is 2. The van der Waals surface area contributed by atoms with E-state index in [1.807, 2.05) is 36.4 Å². The van der Waals surface area contributed by atoms with E-state index in [4.69, 9.17) is 16.0 Å². The lowest BCUT2D eigenvalue weighted by Gasteiger charge is -2.08. The lowest BCUT2D eigenvalue weighted by molar-refractivity contribution is 0.611. The second-order valence-corrected chi connectivity index (χ2v) is 5.00. The van der Waals surface area contributed by atoms with Gasteiger partial charge in [0.05, 0.1) is 17.0 Å². The fourth-order valence-electron chi connectivity index (χ4n) is 2.13. The number of fused-ring (bicyclic) bond motifs is 1. The molecule has 2 nitrogen and oxygen atoms in total. The van der Waals surface area contributed by atoms with Crippen molar-refractivity contribution in [3.63, 3.8) is 0 Å². The molecule has 2 aromatic carbocycles. The van der Waals surface area contributed by atoms with E-state index in [9.17, 15) is 0 Å². The molecule has 0 saturated heterocycles. The second kappa shape index (κ2) is 4.98. The molecule has 3 aromatic rings. The van der Waals surface area contributed by atoms with Gasteiger partial charge in [-0.25, -0.2) is 0 Å². The van der Waals surface area contributed by atoms with Crippen LogP contribution in [0.2, 0.25) is 5.02 Å².